The Labute approximate surface area is 102 Å². The van der Waals surface area contributed by atoms with E-state index < -0.39 is 0 Å². The van der Waals surface area contributed by atoms with Crippen LogP contribution < -0.4 is 0 Å². The molecule has 0 saturated carbocycles. The van der Waals surface area contributed by atoms with E-state index in [1.807, 2.05) is 0 Å². The zero-order valence-electron chi connectivity index (χ0n) is 11.4. The van der Waals surface area contributed by atoms with Crippen molar-refractivity contribution in [1.82, 2.24) is 19.9 Å². The summed E-state index contributed by atoms with van der Waals surface area (Å²) in [5, 5.41) is 0. The highest BCUT2D eigenvalue weighted by molar-refractivity contribution is 5.74. The third-order valence-electron chi connectivity index (χ3n) is 2.71. The number of aromatic amines is 1. The summed E-state index contributed by atoms with van der Waals surface area (Å²) in [5.41, 5.74) is 2.73. The Bertz CT molecular complexity index is 541. The molecule has 17 heavy (non-hydrogen) atoms. The number of hydrogen-bond acceptors (Lipinski definition) is 3. The Hall–Kier alpha value is -1.45. The van der Waals surface area contributed by atoms with Gasteiger partial charge < -0.3 is 4.98 Å². The van der Waals surface area contributed by atoms with Gasteiger partial charge in [0.1, 0.15) is 17.7 Å². The molecule has 2 aromatic rings. The van der Waals surface area contributed by atoms with Crippen LogP contribution >= 0.6 is 0 Å². The lowest BCUT2D eigenvalue weighted by Crippen LogP contribution is -2.15. The fourth-order valence-electron chi connectivity index (χ4n) is 1.75. The van der Waals surface area contributed by atoms with Crippen LogP contribution in [0.3, 0.4) is 0 Å². The van der Waals surface area contributed by atoms with Gasteiger partial charge in [0, 0.05) is 10.8 Å². The number of imidazole rings is 1. The average molecular weight is 232 g/mol. The Morgan fingerprint density at radius 1 is 0.941 bits per heavy atom. The molecular weight excluding hydrogens is 212 g/mol. The third-order valence-corrected chi connectivity index (χ3v) is 2.71. The molecule has 0 aliphatic heterocycles. The summed E-state index contributed by atoms with van der Waals surface area (Å²) in [5.74, 6) is 0.957. The standard InChI is InChI=1S/C13H20N4/c1-12(2,3)9-8-10(15-7-14-9)17-11(16-8)13(4,5)6/h7H,1-6H3,(H,14,15,16,17). The summed E-state index contributed by atoms with van der Waals surface area (Å²) in [7, 11) is 0. The van der Waals surface area contributed by atoms with Crippen molar-refractivity contribution < 1.29 is 0 Å². The number of nitrogens with one attached hydrogen (secondary N) is 1. The molecule has 1 N–H and O–H groups in total. The van der Waals surface area contributed by atoms with Gasteiger partial charge in [-0.25, -0.2) is 15.0 Å². The molecule has 0 atom stereocenters. The maximum Gasteiger partial charge on any atom is 0.181 e. The second kappa shape index (κ2) is 3.52. The topological polar surface area (TPSA) is 54.5 Å². The highest BCUT2D eigenvalue weighted by atomic mass is 15.0. The highest BCUT2D eigenvalue weighted by Crippen LogP contribution is 2.28. The van der Waals surface area contributed by atoms with Crippen molar-refractivity contribution in [1.29, 1.82) is 0 Å². The normalized spacial score (nSPS) is 13.3. The minimum absolute atomic E-state index is 0.00411. The molecule has 0 unspecified atom stereocenters. The van der Waals surface area contributed by atoms with Crippen LogP contribution in [0.4, 0.5) is 0 Å². The summed E-state index contributed by atoms with van der Waals surface area (Å²) >= 11 is 0. The minimum Gasteiger partial charge on any atom is -0.339 e. The lowest BCUT2D eigenvalue weighted by atomic mass is 9.91. The molecule has 2 rings (SSSR count). The summed E-state index contributed by atoms with van der Waals surface area (Å²) < 4.78 is 0. The second-order valence-corrected chi connectivity index (χ2v) is 6.51. The van der Waals surface area contributed by atoms with E-state index in [0.717, 1.165) is 22.7 Å². The lowest BCUT2D eigenvalue weighted by molar-refractivity contribution is 0.552. The van der Waals surface area contributed by atoms with E-state index in [-0.39, 0.29) is 10.8 Å². The molecule has 0 aliphatic rings. The first-order chi connectivity index (χ1) is 7.69. The van der Waals surface area contributed by atoms with Gasteiger partial charge in [0.05, 0.1) is 5.69 Å². The van der Waals surface area contributed by atoms with Gasteiger partial charge in [0.2, 0.25) is 0 Å². The zero-order chi connectivity index (χ0) is 12.8. The Balaban J connectivity index is 2.70. The van der Waals surface area contributed by atoms with Crippen LogP contribution in [0.5, 0.6) is 0 Å². The summed E-state index contributed by atoms with van der Waals surface area (Å²) in [4.78, 5) is 16.6. The third kappa shape index (κ3) is 2.16. The van der Waals surface area contributed by atoms with Crippen LogP contribution in [-0.4, -0.2) is 19.9 Å². The molecular formula is C13H20N4. The molecule has 4 nitrogen and oxygen atoms in total. The number of fused-ring (bicyclic) bond motifs is 1. The van der Waals surface area contributed by atoms with Gasteiger partial charge in [-0.3, -0.25) is 0 Å². The van der Waals surface area contributed by atoms with E-state index >= 15 is 0 Å². The second-order valence-electron chi connectivity index (χ2n) is 6.51. The number of hydrogen-bond donors (Lipinski definition) is 1. The fourth-order valence-corrected chi connectivity index (χ4v) is 1.75. The SMILES string of the molecule is CC(C)(C)c1nc2ncnc(C(C)(C)C)c2[nH]1. The van der Waals surface area contributed by atoms with Gasteiger partial charge >= 0.3 is 0 Å². The van der Waals surface area contributed by atoms with E-state index in [0.29, 0.717) is 0 Å². The number of nitrogens with zero attached hydrogens (tertiary/aromatic N) is 3. The zero-order valence-corrected chi connectivity index (χ0v) is 11.4. The maximum absolute atomic E-state index is 4.55. The summed E-state index contributed by atoms with van der Waals surface area (Å²) in [6.07, 6.45) is 1.59. The molecule has 0 bridgehead atoms. The number of aromatic nitrogens is 4. The van der Waals surface area contributed by atoms with Gasteiger partial charge in [0.15, 0.2) is 5.65 Å². The van der Waals surface area contributed by atoms with E-state index in [4.69, 9.17) is 0 Å². The van der Waals surface area contributed by atoms with Crippen molar-refractivity contribution in [3.63, 3.8) is 0 Å². The molecule has 0 spiro atoms. The predicted molar refractivity (Wildman–Crippen MR) is 69.1 cm³/mol. The van der Waals surface area contributed by atoms with Gasteiger partial charge in [-0.15, -0.1) is 0 Å². The van der Waals surface area contributed by atoms with Crippen LogP contribution in [0.2, 0.25) is 0 Å². The first-order valence-electron chi connectivity index (χ1n) is 5.91. The number of H-pyrrole nitrogens is 1. The van der Waals surface area contributed by atoms with Crippen LogP contribution in [0.25, 0.3) is 11.2 Å². The van der Waals surface area contributed by atoms with E-state index in [9.17, 15) is 0 Å². The Kier molecular flexibility index (Phi) is 2.49. The monoisotopic (exact) mass is 232 g/mol. The Morgan fingerprint density at radius 2 is 1.59 bits per heavy atom. The van der Waals surface area contributed by atoms with E-state index in [1.54, 1.807) is 6.33 Å². The van der Waals surface area contributed by atoms with Gasteiger partial charge in [-0.2, -0.15) is 0 Å². The largest absolute Gasteiger partial charge is 0.339 e. The number of rotatable bonds is 0. The summed E-state index contributed by atoms with van der Waals surface area (Å²) in [6, 6.07) is 0. The molecule has 0 aromatic carbocycles. The minimum atomic E-state index is -0.0110. The molecule has 0 amide bonds. The molecule has 0 aliphatic carbocycles. The van der Waals surface area contributed by atoms with Crippen molar-refractivity contribution in [2.75, 3.05) is 0 Å². The molecule has 4 heteroatoms. The molecule has 0 fully saturated rings. The predicted octanol–water partition coefficient (Wildman–Crippen LogP) is 2.95. The van der Waals surface area contributed by atoms with Gasteiger partial charge in [-0.05, 0) is 0 Å². The van der Waals surface area contributed by atoms with Gasteiger partial charge in [0.25, 0.3) is 0 Å². The fraction of sp³-hybridized carbons (Fsp3) is 0.615. The van der Waals surface area contributed by atoms with E-state index in [1.165, 1.54) is 0 Å². The smallest absolute Gasteiger partial charge is 0.181 e. The molecule has 0 saturated heterocycles. The summed E-state index contributed by atoms with van der Waals surface area (Å²) in [6.45, 7) is 12.8. The molecule has 2 heterocycles. The van der Waals surface area contributed by atoms with Crippen molar-refractivity contribution in [2.45, 2.75) is 52.4 Å². The highest BCUT2D eigenvalue weighted by Gasteiger charge is 2.24. The van der Waals surface area contributed by atoms with Crippen LogP contribution in [0.15, 0.2) is 6.33 Å². The molecule has 2 aromatic heterocycles. The first kappa shape index (κ1) is 12.0. The van der Waals surface area contributed by atoms with Crippen molar-refractivity contribution >= 4 is 11.2 Å². The quantitative estimate of drug-likeness (QED) is 0.759. The van der Waals surface area contributed by atoms with E-state index in [2.05, 4.69) is 61.5 Å². The van der Waals surface area contributed by atoms with Crippen LogP contribution in [-0.2, 0) is 10.8 Å². The van der Waals surface area contributed by atoms with Crippen LogP contribution in [0, 0.1) is 0 Å². The molecule has 0 radical (unpaired) electrons. The van der Waals surface area contributed by atoms with Crippen molar-refractivity contribution in [3.05, 3.63) is 17.8 Å². The first-order valence-corrected chi connectivity index (χ1v) is 5.91. The van der Waals surface area contributed by atoms with Crippen LogP contribution in [0.1, 0.15) is 53.1 Å². The average Bonchev–Trinajstić information content (AvgIpc) is 2.57. The van der Waals surface area contributed by atoms with Gasteiger partial charge in [-0.1, -0.05) is 41.5 Å². The van der Waals surface area contributed by atoms with Crippen molar-refractivity contribution in [3.8, 4) is 0 Å². The maximum atomic E-state index is 4.55. The van der Waals surface area contributed by atoms with Crippen molar-refractivity contribution in [2.24, 2.45) is 0 Å². The Morgan fingerprint density at radius 3 is 2.12 bits per heavy atom. The molecule has 92 valence electrons. The lowest BCUT2D eigenvalue weighted by Gasteiger charge is -2.17.